The molecule has 0 bridgehead atoms. The highest BCUT2D eigenvalue weighted by atomic mass is 16.5. The van der Waals surface area contributed by atoms with Crippen LogP contribution in [0.25, 0.3) is 11.1 Å². The smallest absolute Gasteiger partial charge is 0.156 e. The van der Waals surface area contributed by atoms with Gasteiger partial charge in [-0.1, -0.05) is 19.1 Å². The molecule has 5 N–H and O–H groups in total. The third-order valence-corrected chi connectivity index (χ3v) is 5.09. The number of H-pyrrole nitrogens is 1. The van der Waals surface area contributed by atoms with Gasteiger partial charge in [0.05, 0.1) is 12.3 Å². The van der Waals surface area contributed by atoms with Crippen LogP contribution in [0.4, 0.5) is 5.82 Å². The summed E-state index contributed by atoms with van der Waals surface area (Å²) in [5.74, 6) is 0.789. The van der Waals surface area contributed by atoms with E-state index in [9.17, 15) is 0 Å². The van der Waals surface area contributed by atoms with Gasteiger partial charge in [-0.25, -0.2) is 9.97 Å². The molecule has 168 valence electrons. The summed E-state index contributed by atoms with van der Waals surface area (Å²) < 4.78 is 5.02. The molecular formula is C24H31N7O. The minimum Gasteiger partial charge on any atom is -0.383 e. The van der Waals surface area contributed by atoms with Gasteiger partial charge in [0.25, 0.3) is 0 Å². The molecule has 0 aromatic carbocycles. The van der Waals surface area contributed by atoms with E-state index in [1.54, 1.807) is 19.5 Å². The number of hydrogen-bond donors (Lipinski definition) is 4. The van der Waals surface area contributed by atoms with Crippen LogP contribution in [0.15, 0.2) is 42.9 Å². The maximum absolute atomic E-state index is 8.71. The lowest BCUT2D eigenvalue weighted by atomic mass is 10.0. The van der Waals surface area contributed by atoms with Gasteiger partial charge in [0.1, 0.15) is 11.5 Å². The summed E-state index contributed by atoms with van der Waals surface area (Å²) in [6, 6.07) is 3.95. The van der Waals surface area contributed by atoms with Crippen LogP contribution in [0, 0.1) is 12.3 Å². The Balaban J connectivity index is 1.81. The molecule has 0 saturated carbocycles. The summed E-state index contributed by atoms with van der Waals surface area (Å²) in [4.78, 5) is 16.6. The van der Waals surface area contributed by atoms with E-state index in [1.807, 2.05) is 25.3 Å². The molecule has 0 unspecified atom stereocenters. The lowest BCUT2D eigenvalue weighted by molar-refractivity contribution is 0.233. The number of ether oxygens (including phenoxy) is 1. The fourth-order valence-electron chi connectivity index (χ4n) is 3.33. The molecule has 0 amide bonds. The van der Waals surface area contributed by atoms with Crippen molar-refractivity contribution in [1.82, 2.24) is 25.3 Å². The Kier molecular flexibility index (Phi) is 8.24. The Labute approximate surface area is 188 Å². The summed E-state index contributed by atoms with van der Waals surface area (Å²) in [5, 5.41) is 12.0. The topological polar surface area (TPSA) is 126 Å². The molecule has 8 heteroatoms. The van der Waals surface area contributed by atoms with Crippen LogP contribution in [-0.2, 0) is 17.7 Å². The van der Waals surface area contributed by atoms with E-state index in [0.717, 1.165) is 54.0 Å². The van der Waals surface area contributed by atoms with Crippen LogP contribution in [-0.4, -0.2) is 45.9 Å². The van der Waals surface area contributed by atoms with Crippen LogP contribution in [0.2, 0.25) is 0 Å². The van der Waals surface area contributed by atoms with Crippen molar-refractivity contribution in [2.45, 2.75) is 33.2 Å². The molecule has 32 heavy (non-hydrogen) atoms. The number of nitrogens with one attached hydrogen (secondary N) is 3. The standard InChI is InChI=1S/C24H31N7O/c1-4-27-12-17-10-18(14-28-13-17)19-11-20(23(26)29-15-19)22(25)24-30-16(2)21(31-24)8-6-5-7-9-32-3/h5,7,10-11,13-15,25,27H,4,6,8-9,12H2,1-3H3,(H2,26,29)(H,30,31)/b7-5+,25-22?. The summed E-state index contributed by atoms with van der Waals surface area (Å²) in [5.41, 5.74) is 11.7. The third-order valence-electron chi connectivity index (χ3n) is 5.09. The first-order valence-corrected chi connectivity index (χ1v) is 10.7. The van der Waals surface area contributed by atoms with Gasteiger partial charge in [-0.05, 0) is 44.0 Å². The Morgan fingerprint density at radius 2 is 2.03 bits per heavy atom. The van der Waals surface area contributed by atoms with E-state index in [4.69, 9.17) is 15.9 Å². The number of hydrogen-bond acceptors (Lipinski definition) is 7. The number of anilines is 1. The fraction of sp³-hybridized carbons (Fsp3) is 0.333. The second-order valence-electron chi connectivity index (χ2n) is 7.52. The van der Waals surface area contributed by atoms with Gasteiger partial charge in [-0.2, -0.15) is 0 Å². The lowest BCUT2D eigenvalue weighted by Crippen LogP contribution is -2.12. The Morgan fingerprint density at radius 3 is 2.81 bits per heavy atom. The van der Waals surface area contributed by atoms with E-state index in [0.29, 0.717) is 23.8 Å². The van der Waals surface area contributed by atoms with Crippen LogP contribution in [0.3, 0.4) is 0 Å². The Hall–Kier alpha value is -3.36. The zero-order chi connectivity index (χ0) is 22.9. The SMILES string of the molecule is CCNCc1cncc(-c2cnc(N)c(C(=N)c3nc(CC/C=C/COC)c(C)[nH]3)c2)c1. The third kappa shape index (κ3) is 5.87. The summed E-state index contributed by atoms with van der Waals surface area (Å²) >= 11 is 0. The summed E-state index contributed by atoms with van der Waals surface area (Å²) in [6.07, 6.45) is 11.1. The van der Waals surface area contributed by atoms with Crippen molar-refractivity contribution in [2.75, 3.05) is 26.0 Å². The molecule has 0 radical (unpaired) electrons. The van der Waals surface area contributed by atoms with E-state index in [1.165, 1.54) is 0 Å². The lowest BCUT2D eigenvalue weighted by Gasteiger charge is -2.09. The minimum atomic E-state index is 0.220. The first kappa shape index (κ1) is 23.3. The first-order valence-electron chi connectivity index (χ1n) is 10.7. The largest absolute Gasteiger partial charge is 0.383 e. The number of nitrogen functional groups attached to an aromatic ring is 1. The molecule has 3 aromatic heterocycles. The summed E-state index contributed by atoms with van der Waals surface area (Å²) in [7, 11) is 1.67. The zero-order valence-corrected chi connectivity index (χ0v) is 18.9. The van der Waals surface area contributed by atoms with Gasteiger partial charge in [-0.15, -0.1) is 0 Å². The van der Waals surface area contributed by atoms with Crippen molar-refractivity contribution < 1.29 is 4.74 Å². The van der Waals surface area contributed by atoms with Crippen molar-refractivity contribution in [2.24, 2.45) is 0 Å². The molecule has 8 nitrogen and oxygen atoms in total. The fourth-order valence-corrected chi connectivity index (χ4v) is 3.33. The number of nitrogens with two attached hydrogens (primary N) is 1. The molecule has 0 aliphatic rings. The normalized spacial score (nSPS) is 11.3. The summed E-state index contributed by atoms with van der Waals surface area (Å²) in [6.45, 7) is 6.28. The van der Waals surface area contributed by atoms with Crippen LogP contribution < -0.4 is 11.1 Å². The molecule has 3 rings (SSSR count). The first-order chi connectivity index (χ1) is 15.5. The predicted molar refractivity (Wildman–Crippen MR) is 128 cm³/mol. The van der Waals surface area contributed by atoms with Crippen molar-refractivity contribution in [1.29, 1.82) is 5.41 Å². The highest BCUT2D eigenvalue weighted by molar-refractivity contribution is 6.11. The second kappa shape index (κ2) is 11.3. The number of methoxy groups -OCH3 is 1. The number of aryl methyl sites for hydroxylation is 2. The van der Waals surface area contributed by atoms with Gasteiger partial charge in [0.15, 0.2) is 5.82 Å². The number of nitrogens with zero attached hydrogens (tertiary/aromatic N) is 3. The monoisotopic (exact) mass is 433 g/mol. The predicted octanol–water partition coefficient (Wildman–Crippen LogP) is 3.42. The molecule has 0 spiro atoms. The highest BCUT2D eigenvalue weighted by Gasteiger charge is 2.16. The molecule has 0 atom stereocenters. The quantitative estimate of drug-likeness (QED) is 0.271. The maximum atomic E-state index is 8.71. The number of aromatic amines is 1. The number of pyridine rings is 2. The second-order valence-corrected chi connectivity index (χ2v) is 7.52. The van der Waals surface area contributed by atoms with Gasteiger partial charge in [0.2, 0.25) is 0 Å². The molecule has 0 fully saturated rings. The van der Waals surface area contributed by atoms with Crippen molar-refractivity contribution >= 4 is 11.5 Å². The highest BCUT2D eigenvalue weighted by Crippen LogP contribution is 2.24. The van der Waals surface area contributed by atoms with Crippen molar-refractivity contribution in [3.63, 3.8) is 0 Å². The van der Waals surface area contributed by atoms with E-state index < -0.39 is 0 Å². The number of allylic oxidation sites excluding steroid dienone is 1. The van der Waals surface area contributed by atoms with Gasteiger partial charge < -0.3 is 20.8 Å². The van der Waals surface area contributed by atoms with Crippen LogP contribution in [0.1, 0.15) is 41.7 Å². The number of imidazole rings is 1. The molecule has 0 aliphatic carbocycles. The van der Waals surface area contributed by atoms with E-state index in [-0.39, 0.29) is 5.71 Å². The van der Waals surface area contributed by atoms with Crippen molar-refractivity contribution in [3.05, 3.63) is 71.2 Å². The average Bonchev–Trinajstić information content (AvgIpc) is 3.18. The van der Waals surface area contributed by atoms with E-state index >= 15 is 0 Å². The van der Waals surface area contributed by atoms with Gasteiger partial charge >= 0.3 is 0 Å². The van der Waals surface area contributed by atoms with Gasteiger partial charge in [0, 0.05) is 54.6 Å². The van der Waals surface area contributed by atoms with Crippen molar-refractivity contribution in [3.8, 4) is 11.1 Å². The minimum absolute atomic E-state index is 0.220. The molecule has 0 aliphatic heterocycles. The Morgan fingerprint density at radius 1 is 1.22 bits per heavy atom. The average molecular weight is 434 g/mol. The van der Waals surface area contributed by atoms with Gasteiger partial charge in [-0.3, -0.25) is 10.4 Å². The molecule has 3 heterocycles. The van der Waals surface area contributed by atoms with E-state index in [2.05, 4.69) is 44.3 Å². The zero-order valence-electron chi connectivity index (χ0n) is 18.9. The Bertz CT molecular complexity index is 1090. The number of aromatic nitrogens is 4. The van der Waals surface area contributed by atoms with Crippen LogP contribution in [0.5, 0.6) is 0 Å². The van der Waals surface area contributed by atoms with Crippen LogP contribution >= 0.6 is 0 Å². The molecule has 3 aromatic rings. The number of rotatable bonds is 11. The maximum Gasteiger partial charge on any atom is 0.156 e. The molecule has 0 saturated heterocycles. The molecular weight excluding hydrogens is 402 g/mol.